The molecule has 2 heterocycles. The number of benzene rings is 1. The van der Waals surface area contributed by atoms with Crippen molar-refractivity contribution in [3.63, 3.8) is 0 Å². The molecule has 3 rings (SSSR count). The maximum atomic E-state index is 13.3. The van der Waals surface area contributed by atoms with E-state index in [-0.39, 0.29) is 50.3 Å². The van der Waals surface area contributed by atoms with Crippen LogP contribution in [-0.4, -0.2) is 73.0 Å². The van der Waals surface area contributed by atoms with Crippen molar-refractivity contribution in [2.24, 2.45) is 11.7 Å². The zero-order valence-corrected chi connectivity index (χ0v) is 21.7. The van der Waals surface area contributed by atoms with Gasteiger partial charge in [-0.3, -0.25) is 9.59 Å². The lowest BCUT2D eigenvalue weighted by Crippen LogP contribution is -2.56. The average molecular weight is 536 g/mol. The Kier molecular flexibility index (Phi) is 12.5. The van der Waals surface area contributed by atoms with Gasteiger partial charge < -0.3 is 41.6 Å². The van der Waals surface area contributed by atoms with Crippen molar-refractivity contribution in [1.82, 2.24) is 16.0 Å². The molecule has 0 unspecified atom stereocenters. The number of nitrogens with one attached hydrogen (secondary N) is 4. The number of hydrogen-bond acceptors (Lipinski definition) is 8. The van der Waals surface area contributed by atoms with E-state index in [4.69, 9.17) is 15.6 Å². The highest BCUT2D eigenvalue weighted by Gasteiger charge is 2.29. The predicted octanol–water partition coefficient (Wildman–Crippen LogP) is 1.12. The van der Waals surface area contributed by atoms with E-state index in [1.807, 2.05) is 13.8 Å². The summed E-state index contributed by atoms with van der Waals surface area (Å²) in [6, 6.07) is 3.31. The lowest BCUT2D eigenvalue weighted by Gasteiger charge is -2.26. The molecule has 0 radical (unpaired) electrons. The third-order valence-electron chi connectivity index (χ3n) is 5.93. The van der Waals surface area contributed by atoms with E-state index >= 15 is 0 Å². The molecule has 13 heteroatoms. The number of carbonyl (C=O) groups excluding carboxylic acids is 4. The van der Waals surface area contributed by atoms with Crippen molar-refractivity contribution in [2.45, 2.75) is 64.1 Å². The van der Waals surface area contributed by atoms with Crippen LogP contribution in [0.3, 0.4) is 0 Å². The van der Waals surface area contributed by atoms with E-state index in [9.17, 15) is 24.0 Å². The molecule has 38 heavy (non-hydrogen) atoms. The molecule has 0 aromatic heterocycles. The molecular weight excluding hydrogens is 498 g/mol. The Bertz CT molecular complexity index is 969. The van der Waals surface area contributed by atoms with Gasteiger partial charge in [-0.25, -0.2) is 14.4 Å². The third kappa shape index (κ3) is 10.7. The first-order valence-corrected chi connectivity index (χ1v) is 12.6. The molecule has 7 N–H and O–H groups in total. The molecule has 210 valence electrons. The normalized spacial score (nSPS) is 19.4. The minimum atomic E-state index is -1.79. The third-order valence-corrected chi connectivity index (χ3v) is 5.93. The van der Waals surface area contributed by atoms with Gasteiger partial charge in [0.05, 0.1) is 25.7 Å². The van der Waals surface area contributed by atoms with Crippen LogP contribution in [0.5, 0.6) is 0 Å². The minimum absolute atomic E-state index is 0.00508. The largest absolute Gasteiger partial charge is 0.513 e. The van der Waals surface area contributed by atoms with Crippen LogP contribution in [0.1, 0.15) is 45.1 Å². The quantitative estimate of drug-likeness (QED) is 0.160. The van der Waals surface area contributed by atoms with Crippen LogP contribution in [0.4, 0.5) is 15.3 Å². The fourth-order valence-electron chi connectivity index (χ4n) is 3.71. The summed E-state index contributed by atoms with van der Waals surface area (Å²) >= 11 is 0. The van der Waals surface area contributed by atoms with Crippen molar-refractivity contribution < 1.29 is 38.6 Å². The number of amides is 4. The molecule has 0 fully saturated rings. The van der Waals surface area contributed by atoms with Crippen LogP contribution in [0.2, 0.25) is 0 Å². The fourth-order valence-corrected chi connectivity index (χ4v) is 3.71. The number of ether oxygens (including phenoxy) is 2. The van der Waals surface area contributed by atoms with Crippen LogP contribution >= 0.6 is 0 Å². The van der Waals surface area contributed by atoms with Crippen molar-refractivity contribution >= 4 is 35.7 Å². The number of carbonyl (C=O) groups is 5. The second-order valence-corrected chi connectivity index (χ2v) is 9.33. The molecule has 2 aliphatic heterocycles. The van der Waals surface area contributed by atoms with E-state index in [0.29, 0.717) is 30.6 Å². The van der Waals surface area contributed by atoms with E-state index in [1.54, 1.807) is 24.3 Å². The van der Waals surface area contributed by atoms with E-state index in [2.05, 4.69) is 26.0 Å². The van der Waals surface area contributed by atoms with Crippen LogP contribution in [0.15, 0.2) is 24.3 Å². The molecule has 2 bridgehead atoms. The number of fused-ring (bicyclic) bond motifs is 12. The van der Waals surface area contributed by atoms with Gasteiger partial charge in [0.1, 0.15) is 12.1 Å². The fraction of sp³-hybridized carbons (Fsp3) is 0.560. The molecule has 0 saturated heterocycles. The van der Waals surface area contributed by atoms with Gasteiger partial charge in [-0.15, -0.1) is 0 Å². The summed E-state index contributed by atoms with van der Waals surface area (Å²) in [4.78, 5) is 61.3. The SMILES string of the molecule is CC(C)[C@H]1COCCC(=O)Nc2ccc(cc2)C[C@@H](NC(=O)N[C@@H](CCCCN)C(=O)OC(=O)O)C(=O)N1. The molecule has 0 spiro atoms. The molecule has 0 aliphatic carbocycles. The van der Waals surface area contributed by atoms with Gasteiger partial charge in [0.2, 0.25) is 11.8 Å². The van der Waals surface area contributed by atoms with Crippen LogP contribution in [0.25, 0.3) is 0 Å². The summed E-state index contributed by atoms with van der Waals surface area (Å²) in [7, 11) is 0. The van der Waals surface area contributed by atoms with E-state index in [0.717, 1.165) is 0 Å². The van der Waals surface area contributed by atoms with Gasteiger partial charge >= 0.3 is 18.2 Å². The van der Waals surface area contributed by atoms with Crippen LogP contribution in [0, 0.1) is 5.92 Å². The number of nitrogens with two attached hydrogens (primary N) is 1. The van der Waals surface area contributed by atoms with Gasteiger partial charge in [-0.05, 0) is 49.4 Å². The Hall–Kier alpha value is -3.71. The monoisotopic (exact) mass is 535 g/mol. The molecule has 1 aromatic rings. The highest BCUT2D eigenvalue weighted by Crippen LogP contribution is 2.13. The zero-order chi connectivity index (χ0) is 28.1. The number of esters is 1. The summed E-state index contributed by atoms with van der Waals surface area (Å²) < 4.78 is 9.85. The molecule has 3 atom stereocenters. The van der Waals surface area contributed by atoms with Gasteiger partial charge in [0, 0.05) is 12.1 Å². The van der Waals surface area contributed by atoms with E-state index in [1.165, 1.54) is 0 Å². The molecule has 0 saturated carbocycles. The number of anilines is 1. The van der Waals surface area contributed by atoms with Gasteiger partial charge in [-0.2, -0.15) is 0 Å². The smallest absolute Gasteiger partial charge is 0.449 e. The van der Waals surface area contributed by atoms with Crippen LogP contribution in [-0.2, 0) is 30.3 Å². The van der Waals surface area contributed by atoms with Gasteiger partial charge in [-0.1, -0.05) is 26.0 Å². The maximum Gasteiger partial charge on any atom is 0.513 e. The number of rotatable bonds is 8. The van der Waals surface area contributed by atoms with Crippen LogP contribution < -0.4 is 27.0 Å². The Morgan fingerprint density at radius 3 is 2.53 bits per heavy atom. The first-order valence-electron chi connectivity index (χ1n) is 12.6. The first kappa shape index (κ1) is 30.5. The van der Waals surface area contributed by atoms with Gasteiger partial charge in [0.25, 0.3) is 0 Å². The van der Waals surface area contributed by atoms with Crippen molar-refractivity contribution in [2.75, 3.05) is 25.1 Å². The maximum absolute atomic E-state index is 13.3. The summed E-state index contributed by atoms with van der Waals surface area (Å²) in [5.41, 5.74) is 6.77. The molecule has 13 nitrogen and oxygen atoms in total. The van der Waals surface area contributed by atoms with E-state index < -0.39 is 36.1 Å². The molecule has 1 aromatic carbocycles. The lowest BCUT2D eigenvalue weighted by atomic mass is 10.0. The summed E-state index contributed by atoms with van der Waals surface area (Å²) in [5, 5.41) is 19.5. The van der Waals surface area contributed by atoms with Crippen molar-refractivity contribution in [1.29, 1.82) is 0 Å². The molecule has 4 amide bonds. The standard InChI is InChI=1S/C25H37N5O8/c1-15(2)20-14-37-12-10-21(31)27-17-8-6-16(7-9-17)13-19(22(32)28-20)30-24(34)29-18(5-3-4-11-26)23(33)38-25(35)36/h6-9,15,18-20H,3-5,10-14,26H2,1-2H3,(H,27,31)(H,28,32)(H,35,36)(H2,29,30,34)/t18-,19+,20+/m0/s1. The van der Waals surface area contributed by atoms with Gasteiger partial charge in [0.15, 0.2) is 0 Å². The number of carboxylic acid groups (broad SMARTS) is 1. The molecule has 2 aliphatic rings. The number of urea groups is 1. The Balaban J connectivity index is 2.22. The summed E-state index contributed by atoms with van der Waals surface area (Å²) in [6.45, 7) is 4.51. The predicted molar refractivity (Wildman–Crippen MR) is 137 cm³/mol. The summed E-state index contributed by atoms with van der Waals surface area (Å²) in [5.74, 6) is -1.81. The van der Waals surface area contributed by atoms with Crippen molar-refractivity contribution in [3.8, 4) is 0 Å². The second kappa shape index (κ2) is 15.5. The average Bonchev–Trinajstić information content (AvgIpc) is 2.85. The number of hydrogen-bond donors (Lipinski definition) is 6. The van der Waals surface area contributed by atoms with Crippen molar-refractivity contribution in [3.05, 3.63) is 29.8 Å². The molecular formula is C25H37N5O8. The topological polar surface area (TPSA) is 198 Å². The number of unbranched alkanes of at least 4 members (excludes halogenated alkanes) is 1. The summed E-state index contributed by atoms with van der Waals surface area (Å²) in [6.07, 6.45) is -0.422. The lowest BCUT2D eigenvalue weighted by molar-refractivity contribution is -0.141. The minimum Gasteiger partial charge on any atom is -0.449 e. The zero-order valence-electron chi connectivity index (χ0n) is 21.7. The second-order valence-electron chi connectivity index (χ2n) is 9.33. The highest BCUT2D eigenvalue weighted by atomic mass is 16.7. The Morgan fingerprint density at radius 1 is 1.18 bits per heavy atom. The first-order chi connectivity index (χ1) is 18.1. The highest BCUT2D eigenvalue weighted by molar-refractivity contribution is 5.92. The Morgan fingerprint density at radius 2 is 1.89 bits per heavy atom. The Labute approximate surface area is 221 Å².